The summed E-state index contributed by atoms with van der Waals surface area (Å²) in [5.41, 5.74) is -0.210. The van der Waals surface area contributed by atoms with E-state index in [1.165, 1.54) is 4.90 Å². The summed E-state index contributed by atoms with van der Waals surface area (Å²) in [5.74, 6) is 0.429. The number of carbonyl (C=O) groups excluding carboxylic acids is 1. The van der Waals surface area contributed by atoms with E-state index < -0.39 is 18.7 Å². The molecule has 1 rings (SSSR count). The van der Waals surface area contributed by atoms with Crippen LogP contribution in [0.25, 0.3) is 0 Å². The maximum atomic E-state index is 12.4. The monoisotopic (exact) mass is 292 g/mol. The van der Waals surface area contributed by atoms with Crippen LogP contribution in [0.5, 0.6) is 0 Å². The largest absolute Gasteiger partial charge is 0.502 e. The van der Waals surface area contributed by atoms with Crippen molar-refractivity contribution in [3.8, 4) is 0 Å². The van der Waals surface area contributed by atoms with Crippen molar-refractivity contribution in [1.82, 2.24) is 4.90 Å². The average Bonchev–Trinajstić information content (AvgIpc) is 2.17. The molecular formula is C13H22BF3NO2-. The second kappa shape index (κ2) is 6.54. The molecule has 3 nitrogen and oxygen atoms in total. The summed E-state index contributed by atoms with van der Waals surface area (Å²) in [5, 5.41) is 0. The van der Waals surface area contributed by atoms with E-state index >= 15 is 0 Å². The Bertz CT molecular complexity index is 375. The summed E-state index contributed by atoms with van der Waals surface area (Å²) in [4.78, 5) is 13.4. The first-order valence-electron chi connectivity index (χ1n) is 6.95. The van der Waals surface area contributed by atoms with Gasteiger partial charge in [-0.2, -0.15) is 0 Å². The Morgan fingerprint density at radius 2 is 1.85 bits per heavy atom. The molecule has 1 amide bonds. The lowest BCUT2D eigenvalue weighted by atomic mass is 9.85. The first-order valence-corrected chi connectivity index (χ1v) is 6.95. The van der Waals surface area contributed by atoms with Gasteiger partial charge in [-0.15, -0.1) is 11.5 Å². The lowest BCUT2D eigenvalue weighted by Crippen LogP contribution is -2.38. The number of rotatable bonds is 1. The molecule has 1 aliphatic rings. The van der Waals surface area contributed by atoms with E-state index in [4.69, 9.17) is 4.74 Å². The van der Waals surface area contributed by atoms with Crippen LogP contribution < -0.4 is 0 Å². The second-order valence-electron chi connectivity index (χ2n) is 6.12. The van der Waals surface area contributed by atoms with Gasteiger partial charge in [-0.25, -0.2) is 4.79 Å². The number of halogens is 3. The minimum atomic E-state index is -4.91. The SMILES string of the molecule is CC(C)(C)OC(=O)N1CCCC/C(=C\[B-](F)(F)F)CC1. The average molecular weight is 292 g/mol. The van der Waals surface area contributed by atoms with Gasteiger partial charge in [0.2, 0.25) is 0 Å². The van der Waals surface area contributed by atoms with Crippen LogP contribution in [0, 0.1) is 0 Å². The topological polar surface area (TPSA) is 29.5 Å². The maximum Gasteiger partial charge on any atom is 0.502 e. The molecule has 0 radical (unpaired) electrons. The molecule has 0 spiro atoms. The summed E-state index contributed by atoms with van der Waals surface area (Å²) in [6.45, 7) is 1.23. The smallest absolute Gasteiger partial charge is 0.445 e. The molecule has 0 saturated carbocycles. The predicted octanol–water partition coefficient (Wildman–Crippen LogP) is 4.11. The number of ether oxygens (including phenoxy) is 1. The molecule has 0 bridgehead atoms. The molecule has 7 heteroatoms. The zero-order valence-electron chi connectivity index (χ0n) is 12.3. The van der Waals surface area contributed by atoms with Gasteiger partial charge in [-0.1, -0.05) is 0 Å². The van der Waals surface area contributed by atoms with E-state index in [0.29, 0.717) is 37.4 Å². The Morgan fingerprint density at radius 1 is 1.20 bits per heavy atom. The van der Waals surface area contributed by atoms with Crippen molar-refractivity contribution in [3.05, 3.63) is 11.5 Å². The van der Waals surface area contributed by atoms with Crippen LogP contribution >= 0.6 is 0 Å². The second-order valence-corrected chi connectivity index (χ2v) is 6.12. The van der Waals surface area contributed by atoms with Crippen LogP contribution in [-0.4, -0.2) is 36.7 Å². The molecule has 116 valence electrons. The number of amides is 1. The summed E-state index contributed by atoms with van der Waals surface area (Å²) >= 11 is 0. The van der Waals surface area contributed by atoms with Gasteiger partial charge in [-0.3, -0.25) is 0 Å². The number of carbonyl (C=O) groups is 1. The van der Waals surface area contributed by atoms with Gasteiger partial charge in [-0.05, 0) is 46.5 Å². The van der Waals surface area contributed by atoms with Crippen LogP contribution in [-0.2, 0) is 4.74 Å². The van der Waals surface area contributed by atoms with Gasteiger partial charge in [0, 0.05) is 13.1 Å². The number of hydrogen-bond acceptors (Lipinski definition) is 2. The molecule has 0 N–H and O–H groups in total. The first kappa shape index (κ1) is 16.9. The highest BCUT2D eigenvalue weighted by molar-refractivity contribution is 6.64. The lowest BCUT2D eigenvalue weighted by molar-refractivity contribution is 0.0244. The van der Waals surface area contributed by atoms with E-state index in [-0.39, 0.29) is 13.0 Å². The Hall–Kier alpha value is -1.14. The molecule has 0 aliphatic carbocycles. The van der Waals surface area contributed by atoms with Gasteiger partial charge in [0.15, 0.2) is 0 Å². The van der Waals surface area contributed by atoms with Crippen molar-refractivity contribution in [2.45, 2.75) is 52.1 Å². The zero-order valence-corrected chi connectivity index (χ0v) is 12.3. The first-order chi connectivity index (χ1) is 9.07. The maximum absolute atomic E-state index is 12.4. The fraction of sp³-hybridized carbons (Fsp3) is 0.769. The molecule has 1 heterocycles. The molecule has 0 aromatic carbocycles. The molecule has 1 saturated heterocycles. The highest BCUT2D eigenvalue weighted by Crippen LogP contribution is 2.22. The molecule has 20 heavy (non-hydrogen) atoms. The van der Waals surface area contributed by atoms with Crippen molar-refractivity contribution >= 4 is 13.1 Å². The van der Waals surface area contributed by atoms with Crippen molar-refractivity contribution in [2.75, 3.05) is 13.1 Å². The fourth-order valence-electron chi connectivity index (χ4n) is 2.11. The van der Waals surface area contributed by atoms with Crippen LogP contribution in [0.15, 0.2) is 11.5 Å². The molecular weight excluding hydrogens is 270 g/mol. The van der Waals surface area contributed by atoms with Crippen LogP contribution in [0.4, 0.5) is 17.7 Å². The normalized spacial score (nSPS) is 20.5. The van der Waals surface area contributed by atoms with Crippen molar-refractivity contribution in [2.24, 2.45) is 0 Å². The van der Waals surface area contributed by atoms with Crippen molar-refractivity contribution < 1.29 is 22.5 Å². The summed E-state index contributed by atoms with van der Waals surface area (Å²) < 4.78 is 42.6. The molecule has 0 atom stereocenters. The van der Waals surface area contributed by atoms with Gasteiger partial charge in [0.25, 0.3) is 0 Å². The highest BCUT2D eigenvalue weighted by atomic mass is 19.4. The van der Waals surface area contributed by atoms with Gasteiger partial charge < -0.3 is 22.6 Å². The van der Waals surface area contributed by atoms with Crippen LogP contribution in [0.2, 0.25) is 0 Å². The highest BCUT2D eigenvalue weighted by Gasteiger charge is 2.24. The fourth-order valence-corrected chi connectivity index (χ4v) is 2.11. The van der Waals surface area contributed by atoms with Crippen LogP contribution in [0.3, 0.4) is 0 Å². The standard InChI is InChI=1S/C13H22BF3NO2/c1-13(2,3)20-12(19)18-8-5-4-6-11(7-9-18)10-14(15,16)17/h10H,4-9H2,1-3H3/q-1/b11-10+. The van der Waals surface area contributed by atoms with Crippen LogP contribution in [0.1, 0.15) is 46.5 Å². The van der Waals surface area contributed by atoms with Crippen molar-refractivity contribution in [1.29, 1.82) is 0 Å². The number of hydrogen-bond donors (Lipinski definition) is 0. The molecule has 0 unspecified atom stereocenters. The predicted molar refractivity (Wildman–Crippen MR) is 73.4 cm³/mol. The van der Waals surface area contributed by atoms with Crippen molar-refractivity contribution in [3.63, 3.8) is 0 Å². The molecule has 1 fully saturated rings. The van der Waals surface area contributed by atoms with Gasteiger partial charge in [0.1, 0.15) is 5.60 Å². The Kier molecular flexibility index (Phi) is 5.54. The minimum Gasteiger partial charge on any atom is -0.445 e. The third-order valence-electron chi connectivity index (χ3n) is 2.96. The quantitative estimate of drug-likeness (QED) is 0.681. The number of likely N-dealkylation sites (tertiary alicyclic amines) is 1. The minimum absolute atomic E-state index is 0.264. The summed E-state index contributed by atoms with van der Waals surface area (Å²) in [7, 11) is 0. The lowest BCUT2D eigenvalue weighted by Gasteiger charge is -2.29. The Labute approximate surface area is 118 Å². The Balaban J connectivity index is 2.65. The molecule has 1 aliphatic heterocycles. The molecule has 0 aromatic rings. The van der Waals surface area contributed by atoms with E-state index in [0.717, 1.165) is 0 Å². The third-order valence-corrected chi connectivity index (χ3v) is 2.96. The summed E-state index contributed by atoms with van der Waals surface area (Å²) in [6, 6.07) is 0. The zero-order chi connectivity index (χ0) is 15.4. The van der Waals surface area contributed by atoms with E-state index in [1.54, 1.807) is 20.8 Å². The summed E-state index contributed by atoms with van der Waals surface area (Å²) in [6.07, 6.45) is 1.64. The van der Waals surface area contributed by atoms with E-state index in [1.807, 2.05) is 0 Å². The van der Waals surface area contributed by atoms with E-state index in [9.17, 15) is 17.7 Å². The molecule has 0 aromatic heterocycles. The number of nitrogens with zero attached hydrogens (tertiary/aromatic N) is 1. The van der Waals surface area contributed by atoms with Gasteiger partial charge in [0.05, 0.1) is 0 Å². The van der Waals surface area contributed by atoms with Gasteiger partial charge >= 0.3 is 13.1 Å². The third kappa shape index (κ3) is 6.87. The Morgan fingerprint density at radius 3 is 2.40 bits per heavy atom. The van der Waals surface area contributed by atoms with E-state index in [2.05, 4.69) is 0 Å².